The van der Waals surface area contributed by atoms with Gasteiger partial charge in [0.15, 0.2) is 0 Å². The Kier molecular flexibility index (Phi) is 5.91. The molecule has 1 heterocycles. The zero-order valence-corrected chi connectivity index (χ0v) is 9.27. The highest BCUT2D eigenvalue weighted by Crippen LogP contribution is 1.89. The predicted octanol–water partition coefficient (Wildman–Crippen LogP) is -0.432. The molecule has 0 aliphatic rings. The molecule has 0 radical (unpaired) electrons. The average molecular weight is 214 g/mol. The fourth-order valence-corrected chi connectivity index (χ4v) is 1.06. The molecule has 0 aliphatic carbocycles. The summed E-state index contributed by atoms with van der Waals surface area (Å²) in [6.45, 7) is 3.48. The molecule has 0 saturated carbocycles. The lowest BCUT2D eigenvalue weighted by molar-refractivity contribution is 0.0718. The summed E-state index contributed by atoms with van der Waals surface area (Å²) in [7, 11) is 3.59. The maximum atomic E-state index is 5.29. The van der Waals surface area contributed by atoms with Gasteiger partial charge in [0.2, 0.25) is 0 Å². The van der Waals surface area contributed by atoms with Gasteiger partial charge >= 0.3 is 0 Å². The number of nitrogens with one attached hydrogen (secondary N) is 1. The number of nitrogens with zero attached hydrogens (tertiary/aromatic N) is 3. The van der Waals surface area contributed by atoms with Crippen LogP contribution in [-0.2, 0) is 23.1 Å². The Balaban J connectivity index is 1.96. The lowest BCUT2D eigenvalue weighted by atomic mass is 10.5. The van der Waals surface area contributed by atoms with Crippen molar-refractivity contribution in [1.82, 2.24) is 20.1 Å². The van der Waals surface area contributed by atoms with Crippen LogP contribution in [0, 0.1) is 0 Å². The number of hydrogen-bond donors (Lipinski definition) is 1. The monoisotopic (exact) mass is 214 g/mol. The molecule has 0 aliphatic heterocycles. The summed E-state index contributed by atoms with van der Waals surface area (Å²) in [5.74, 6) is 0.923. The molecule has 0 bridgehead atoms. The fraction of sp³-hybridized carbons (Fsp3) is 0.778. The second-order valence-corrected chi connectivity index (χ2v) is 3.14. The van der Waals surface area contributed by atoms with Crippen molar-refractivity contribution in [3.8, 4) is 0 Å². The molecule has 0 aromatic carbocycles. The van der Waals surface area contributed by atoms with Crippen molar-refractivity contribution in [3.05, 3.63) is 12.2 Å². The molecule has 0 amide bonds. The maximum absolute atomic E-state index is 5.29. The zero-order valence-electron chi connectivity index (χ0n) is 9.27. The molecule has 0 unspecified atom stereocenters. The molecule has 0 saturated heterocycles. The molecule has 0 fully saturated rings. The van der Waals surface area contributed by atoms with Gasteiger partial charge in [0, 0.05) is 20.7 Å². The van der Waals surface area contributed by atoms with Crippen LogP contribution in [-0.4, -0.2) is 48.2 Å². The molecule has 6 nitrogen and oxygen atoms in total. The van der Waals surface area contributed by atoms with E-state index in [4.69, 9.17) is 9.47 Å². The van der Waals surface area contributed by atoms with Crippen molar-refractivity contribution in [2.75, 3.05) is 33.5 Å². The van der Waals surface area contributed by atoms with Crippen LogP contribution in [0.4, 0.5) is 0 Å². The summed E-state index contributed by atoms with van der Waals surface area (Å²) in [6, 6.07) is 0. The molecule has 1 rings (SSSR count). The quantitative estimate of drug-likeness (QED) is 0.595. The molecule has 1 aromatic rings. The SMILES string of the molecule is COCCOCCNCc1nncn1C. The van der Waals surface area contributed by atoms with Crippen LogP contribution in [0.3, 0.4) is 0 Å². The van der Waals surface area contributed by atoms with Gasteiger partial charge in [0.1, 0.15) is 12.2 Å². The van der Waals surface area contributed by atoms with Crippen LogP contribution in [0.15, 0.2) is 6.33 Å². The first-order chi connectivity index (χ1) is 7.34. The number of ether oxygens (including phenoxy) is 2. The van der Waals surface area contributed by atoms with E-state index in [2.05, 4.69) is 15.5 Å². The summed E-state index contributed by atoms with van der Waals surface area (Å²) in [6.07, 6.45) is 1.69. The van der Waals surface area contributed by atoms with Crippen LogP contribution in [0.1, 0.15) is 5.82 Å². The van der Waals surface area contributed by atoms with Crippen LogP contribution >= 0.6 is 0 Å². The summed E-state index contributed by atoms with van der Waals surface area (Å²) in [5.41, 5.74) is 0. The van der Waals surface area contributed by atoms with Gasteiger partial charge in [-0.25, -0.2) is 0 Å². The number of aryl methyl sites for hydroxylation is 1. The van der Waals surface area contributed by atoms with Gasteiger partial charge in [0.05, 0.1) is 26.4 Å². The Labute approximate surface area is 89.6 Å². The second kappa shape index (κ2) is 7.33. The van der Waals surface area contributed by atoms with E-state index in [0.717, 1.165) is 12.4 Å². The maximum Gasteiger partial charge on any atom is 0.146 e. The third-order valence-corrected chi connectivity index (χ3v) is 1.94. The number of rotatable bonds is 8. The topological polar surface area (TPSA) is 61.2 Å². The summed E-state index contributed by atoms with van der Waals surface area (Å²) < 4.78 is 12.0. The molecule has 15 heavy (non-hydrogen) atoms. The van der Waals surface area contributed by atoms with Gasteiger partial charge < -0.3 is 19.4 Å². The molecule has 6 heteroatoms. The average Bonchev–Trinajstić information content (AvgIpc) is 2.63. The molecular weight excluding hydrogens is 196 g/mol. The Morgan fingerprint density at radius 2 is 2.27 bits per heavy atom. The Hall–Kier alpha value is -0.980. The zero-order chi connectivity index (χ0) is 10.9. The summed E-state index contributed by atoms with van der Waals surface area (Å²) in [5, 5.41) is 11.0. The van der Waals surface area contributed by atoms with Crippen molar-refractivity contribution < 1.29 is 9.47 Å². The lowest BCUT2D eigenvalue weighted by Gasteiger charge is -2.05. The lowest BCUT2D eigenvalue weighted by Crippen LogP contribution is -2.21. The highest BCUT2D eigenvalue weighted by Gasteiger charge is 1.98. The first-order valence-electron chi connectivity index (χ1n) is 4.95. The standard InChI is InChI=1S/C9H18N4O2/c1-13-8-11-12-9(13)7-10-3-4-15-6-5-14-2/h8,10H,3-7H2,1-2H3. The van der Waals surface area contributed by atoms with E-state index >= 15 is 0 Å². The predicted molar refractivity (Wildman–Crippen MR) is 55.4 cm³/mol. The van der Waals surface area contributed by atoms with Crippen molar-refractivity contribution in [2.24, 2.45) is 7.05 Å². The van der Waals surface area contributed by atoms with Gasteiger partial charge in [-0.1, -0.05) is 0 Å². The van der Waals surface area contributed by atoms with E-state index < -0.39 is 0 Å². The van der Waals surface area contributed by atoms with Gasteiger partial charge in [-0.05, 0) is 0 Å². The summed E-state index contributed by atoms with van der Waals surface area (Å²) >= 11 is 0. The highest BCUT2D eigenvalue weighted by molar-refractivity contribution is 4.82. The van der Waals surface area contributed by atoms with Crippen molar-refractivity contribution in [3.63, 3.8) is 0 Å². The fourth-order valence-electron chi connectivity index (χ4n) is 1.06. The third kappa shape index (κ3) is 4.87. The number of hydrogen-bond acceptors (Lipinski definition) is 5. The Morgan fingerprint density at radius 1 is 1.40 bits per heavy atom. The van der Waals surface area contributed by atoms with Crippen LogP contribution in [0.25, 0.3) is 0 Å². The van der Waals surface area contributed by atoms with E-state index in [-0.39, 0.29) is 0 Å². The van der Waals surface area contributed by atoms with Gasteiger partial charge in [-0.15, -0.1) is 10.2 Å². The minimum Gasteiger partial charge on any atom is -0.382 e. The van der Waals surface area contributed by atoms with Crippen molar-refractivity contribution >= 4 is 0 Å². The van der Waals surface area contributed by atoms with E-state index in [9.17, 15) is 0 Å². The number of methoxy groups -OCH3 is 1. The van der Waals surface area contributed by atoms with Crippen molar-refractivity contribution in [2.45, 2.75) is 6.54 Å². The third-order valence-electron chi connectivity index (χ3n) is 1.94. The van der Waals surface area contributed by atoms with E-state index in [1.807, 2.05) is 11.6 Å². The Bertz CT molecular complexity index is 264. The molecule has 0 atom stereocenters. The van der Waals surface area contributed by atoms with Crippen LogP contribution < -0.4 is 5.32 Å². The van der Waals surface area contributed by atoms with E-state index in [1.165, 1.54) is 0 Å². The van der Waals surface area contributed by atoms with E-state index in [0.29, 0.717) is 26.4 Å². The largest absolute Gasteiger partial charge is 0.382 e. The van der Waals surface area contributed by atoms with Crippen molar-refractivity contribution in [1.29, 1.82) is 0 Å². The molecule has 0 spiro atoms. The van der Waals surface area contributed by atoms with Crippen LogP contribution in [0.5, 0.6) is 0 Å². The smallest absolute Gasteiger partial charge is 0.146 e. The van der Waals surface area contributed by atoms with Gasteiger partial charge in [0.25, 0.3) is 0 Å². The second-order valence-electron chi connectivity index (χ2n) is 3.14. The highest BCUT2D eigenvalue weighted by atomic mass is 16.5. The van der Waals surface area contributed by atoms with Gasteiger partial charge in [-0.2, -0.15) is 0 Å². The first-order valence-corrected chi connectivity index (χ1v) is 4.95. The number of aromatic nitrogens is 3. The summed E-state index contributed by atoms with van der Waals surface area (Å²) in [4.78, 5) is 0. The molecule has 1 aromatic heterocycles. The molecule has 1 N–H and O–H groups in total. The van der Waals surface area contributed by atoms with E-state index in [1.54, 1.807) is 13.4 Å². The molecule has 86 valence electrons. The minimum absolute atomic E-state index is 0.641. The minimum atomic E-state index is 0.641. The van der Waals surface area contributed by atoms with Crippen LogP contribution in [0.2, 0.25) is 0 Å². The Morgan fingerprint density at radius 3 is 2.93 bits per heavy atom. The molecular formula is C9H18N4O2. The van der Waals surface area contributed by atoms with Gasteiger partial charge in [-0.3, -0.25) is 0 Å². The normalized spacial score (nSPS) is 10.8. The first kappa shape index (κ1) is 12.1.